The molecule has 20 heavy (non-hydrogen) atoms. The molecule has 0 atom stereocenters. The molecule has 0 fully saturated rings. The van der Waals surface area contributed by atoms with Gasteiger partial charge in [-0.2, -0.15) is 0 Å². The van der Waals surface area contributed by atoms with Gasteiger partial charge >= 0.3 is 8.80 Å². The summed E-state index contributed by atoms with van der Waals surface area (Å²) in [5.41, 5.74) is 0. The molecule has 0 aliphatic rings. The fraction of sp³-hybridized carbons (Fsp3) is 0.929. The van der Waals surface area contributed by atoms with E-state index in [1.807, 2.05) is 20.8 Å². The highest BCUT2D eigenvalue weighted by atomic mass is 32.2. The Hall–Kier alpha value is 0.117. The van der Waals surface area contributed by atoms with Crippen molar-refractivity contribution in [2.24, 2.45) is 0 Å². The van der Waals surface area contributed by atoms with Crippen LogP contribution in [-0.2, 0) is 18.1 Å². The number of rotatable bonds is 13. The zero-order chi connectivity index (χ0) is 15.3. The molecule has 6 heteroatoms. The number of unbranched alkanes of at least 4 members (excludes halogenated alkanes) is 1. The van der Waals surface area contributed by atoms with Crippen molar-refractivity contribution in [1.29, 1.82) is 0 Å². The Kier molecular flexibility index (Phi) is 12.9. The van der Waals surface area contributed by atoms with Crippen LogP contribution in [0, 0.1) is 0 Å². The number of thioether (sulfide) groups is 1. The van der Waals surface area contributed by atoms with Gasteiger partial charge in [0.15, 0.2) is 5.12 Å². The van der Waals surface area contributed by atoms with Gasteiger partial charge in [-0.05, 0) is 33.6 Å². The predicted octanol–water partition coefficient (Wildman–Crippen LogP) is 3.87. The van der Waals surface area contributed by atoms with E-state index >= 15 is 0 Å². The van der Waals surface area contributed by atoms with Crippen LogP contribution in [-0.4, -0.2) is 39.5 Å². The van der Waals surface area contributed by atoms with Gasteiger partial charge in [-0.3, -0.25) is 4.79 Å². The van der Waals surface area contributed by atoms with Crippen LogP contribution in [0.4, 0.5) is 0 Å². The molecule has 0 rings (SSSR count). The molecule has 0 aliphatic carbocycles. The Balaban J connectivity index is 4.08. The van der Waals surface area contributed by atoms with Crippen LogP contribution in [0.3, 0.4) is 0 Å². The van der Waals surface area contributed by atoms with Crippen molar-refractivity contribution in [3.63, 3.8) is 0 Å². The van der Waals surface area contributed by atoms with Crippen molar-refractivity contribution in [1.82, 2.24) is 0 Å². The van der Waals surface area contributed by atoms with Crippen LogP contribution < -0.4 is 0 Å². The van der Waals surface area contributed by atoms with Crippen LogP contribution in [0.25, 0.3) is 0 Å². The number of carbonyl (C=O) groups is 1. The second-order valence-electron chi connectivity index (χ2n) is 4.41. The van der Waals surface area contributed by atoms with Crippen molar-refractivity contribution in [3.8, 4) is 0 Å². The van der Waals surface area contributed by atoms with Crippen LogP contribution in [0.1, 0.15) is 53.4 Å². The van der Waals surface area contributed by atoms with Crippen LogP contribution >= 0.6 is 11.8 Å². The van der Waals surface area contributed by atoms with Gasteiger partial charge in [0.2, 0.25) is 0 Å². The van der Waals surface area contributed by atoms with Crippen molar-refractivity contribution in [2.45, 2.75) is 59.4 Å². The first-order chi connectivity index (χ1) is 9.64. The van der Waals surface area contributed by atoms with Crippen molar-refractivity contribution >= 4 is 25.7 Å². The summed E-state index contributed by atoms with van der Waals surface area (Å²) in [4.78, 5) is 11.6. The maximum absolute atomic E-state index is 11.6. The van der Waals surface area contributed by atoms with Crippen LogP contribution in [0.15, 0.2) is 0 Å². The van der Waals surface area contributed by atoms with Crippen molar-refractivity contribution in [3.05, 3.63) is 0 Å². The predicted molar refractivity (Wildman–Crippen MR) is 87.0 cm³/mol. The first-order valence-electron chi connectivity index (χ1n) is 7.71. The average molecular weight is 323 g/mol. The summed E-state index contributed by atoms with van der Waals surface area (Å²) in [5.74, 6) is 0.824. The monoisotopic (exact) mass is 322 g/mol. The fourth-order valence-corrected chi connectivity index (χ4v) is 5.54. The van der Waals surface area contributed by atoms with E-state index in [1.165, 1.54) is 11.8 Å². The molecule has 120 valence electrons. The third-order valence-corrected chi connectivity index (χ3v) is 6.89. The van der Waals surface area contributed by atoms with Crippen molar-refractivity contribution < 1.29 is 18.1 Å². The second-order valence-corrected chi connectivity index (χ2v) is 8.29. The Bertz CT molecular complexity index is 234. The van der Waals surface area contributed by atoms with Crippen molar-refractivity contribution in [2.75, 3.05) is 25.6 Å². The molecule has 4 nitrogen and oxygen atoms in total. The topological polar surface area (TPSA) is 44.8 Å². The summed E-state index contributed by atoms with van der Waals surface area (Å²) < 4.78 is 17.3. The summed E-state index contributed by atoms with van der Waals surface area (Å²) in [6.07, 6.45) is 3.64. The normalized spacial score (nSPS) is 11.8. The minimum atomic E-state index is -2.52. The Morgan fingerprint density at radius 2 is 1.50 bits per heavy atom. The molecular weight excluding hydrogens is 292 g/mol. The highest BCUT2D eigenvalue weighted by molar-refractivity contribution is 8.13. The summed E-state index contributed by atoms with van der Waals surface area (Å²) in [6, 6.07) is 0.788. The van der Waals surface area contributed by atoms with E-state index in [2.05, 4.69) is 6.92 Å². The SMILES string of the molecule is CCCCC(=O)SCCC[Si](OCC)(OCC)OCC. The van der Waals surface area contributed by atoms with Gasteiger partial charge in [0.25, 0.3) is 0 Å². The van der Waals surface area contributed by atoms with E-state index < -0.39 is 8.80 Å². The lowest BCUT2D eigenvalue weighted by Gasteiger charge is -2.28. The van der Waals surface area contributed by atoms with E-state index in [0.29, 0.717) is 31.4 Å². The van der Waals surface area contributed by atoms with Gasteiger partial charge in [-0.15, -0.1) is 0 Å². The maximum atomic E-state index is 11.6. The zero-order valence-electron chi connectivity index (χ0n) is 13.4. The van der Waals surface area contributed by atoms with Crippen LogP contribution in [0.5, 0.6) is 0 Å². The van der Waals surface area contributed by atoms with E-state index in [4.69, 9.17) is 13.3 Å². The zero-order valence-corrected chi connectivity index (χ0v) is 15.2. The minimum absolute atomic E-state index is 0.295. The average Bonchev–Trinajstić information content (AvgIpc) is 2.42. The molecule has 0 amide bonds. The van der Waals surface area contributed by atoms with Gasteiger partial charge in [-0.1, -0.05) is 25.1 Å². The number of hydrogen-bond donors (Lipinski definition) is 0. The Labute approximate surface area is 129 Å². The highest BCUT2D eigenvalue weighted by Gasteiger charge is 2.39. The molecular formula is C14H30O4SSi. The lowest BCUT2D eigenvalue weighted by molar-refractivity contribution is -0.111. The molecule has 0 N–H and O–H groups in total. The quantitative estimate of drug-likeness (QED) is 0.380. The summed E-state index contributed by atoms with van der Waals surface area (Å²) >= 11 is 1.43. The lowest BCUT2D eigenvalue weighted by Crippen LogP contribution is -2.46. The fourth-order valence-electron chi connectivity index (χ4n) is 1.87. The number of hydrogen-bond acceptors (Lipinski definition) is 5. The third-order valence-electron chi connectivity index (χ3n) is 2.72. The van der Waals surface area contributed by atoms with Gasteiger partial charge in [-0.25, -0.2) is 0 Å². The smallest absolute Gasteiger partial charge is 0.374 e. The Morgan fingerprint density at radius 1 is 0.950 bits per heavy atom. The number of carbonyl (C=O) groups excluding carboxylic acids is 1. The van der Waals surface area contributed by atoms with Crippen LogP contribution in [0.2, 0.25) is 6.04 Å². The van der Waals surface area contributed by atoms with Gasteiger partial charge in [0.05, 0.1) is 0 Å². The van der Waals surface area contributed by atoms with Gasteiger partial charge in [0.1, 0.15) is 0 Å². The first kappa shape index (κ1) is 20.1. The molecule has 0 aromatic rings. The molecule has 0 spiro atoms. The summed E-state index contributed by atoms with van der Waals surface area (Å²) in [6.45, 7) is 9.80. The van der Waals surface area contributed by atoms with Gasteiger partial charge in [0, 0.05) is 38.0 Å². The third kappa shape index (κ3) is 9.13. The molecule has 0 saturated heterocycles. The standard InChI is InChI=1S/C14H30O4SSi/c1-5-9-11-14(15)19-12-10-13-20(16-6-2,17-7-3)18-8-4/h5-13H2,1-4H3. The molecule has 0 radical (unpaired) electrons. The molecule has 0 unspecified atom stereocenters. The van der Waals surface area contributed by atoms with E-state index in [0.717, 1.165) is 31.1 Å². The first-order valence-corrected chi connectivity index (χ1v) is 10.6. The van der Waals surface area contributed by atoms with E-state index in [1.54, 1.807) is 0 Å². The van der Waals surface area contributed by atoms with E-state index in [-0.39, 0.29) is 0 Å². The maximum Gasteiger partial charge on any atom is 0.500 e. The largest absolute Gasteiger partial charge is 0.500 e. The summed E-state index contributed by atoms with van der Waals surface area (Å²) in [7, 11) is -2.52. The molecule has 0 aliphatic heterocycles. The molecule has 0 aromatic carbocycles. The van der Waals surface area contributed by atoms with E-state index in [9.17, 15) is 4.79 Å². The molecule has 0 heterocycles. The molecule has 0 bridgehead atoms. The molecule has 0 aromatic heterocycles. The lowest BCUT2D eigenvalue weighted by atomic mass is 10.3. The summed E-state index contributed by atoms with van der Waals surface area (Å²) in [5, 5.41) is 0.295. The minimum Gasteiger partial charge on any atom is -0.374 e. The highest BCUT2D eigenvalue weighted by Crippen LogP contribution is 2.20. The van der Waals surface area contributed by atoms with Gasteiger partial charge < -0.3 is 13.3 Å². The second kappa shape index (κ2) is 12.8. The Morgan fingerprint density at radius 3 is 1.95 bits per heavy atom. The molecule has 0 saturated carbocycles.